The van der Waals surface area contributed by atoms with Gasteiger partial charge in [-0.1, -0.05) is 31.2 Å². The van der Waals surface area contributed by atoms with Gasteiger partial charge < -0.3 is 14.6 Å². The smallest absolute Gasteiger partial charge is 0.224 e. The maximum Gasteiger partial charge on any atom is 0.224 e. The molecule has 0 atom stereocenters. The van der Waals surface area contributed by atoms with E-state index in [4.69, 9.17) is 4.74 Å². The number of rotatable bonds is 9. The van der Waals surface area contributed by atoms with Crippen LogP contribution in [0.25, 0.3) is 10.9 Å². The molecule has 0 aliphatic carbocycles. The number of nitrogens with zero attached hydrogens (tertiary/aromatic N) is 2. The molecular formula is C26H31N3O3. The van der Waals surface area contributed by atoms with Crippen LogP contribution in [0.4, 0.5) is 5.69 Å². The summed E-state index contributed by atoms with van der Waals surface area (Å²) in [6.07, 6.45) is 3.42. The lowest BCUT2D eigenvalue weighted by Gasteiger charge is -2.26. The van der Waals surface area contributed by atoms with Crippen LogP contribution in [0.5, 0.6) is 0 Å². The van der Waals surface area contributed by atoms with E-state index in [-0.39, 0.29) is 24.5 Å². The largest absolute Gasteiger partial charge is 0.379 e. The van der Waals surface area contributed by atoms with E-state index in [0.717, 1.165) is 62.4 Å². The van der Waals surface area contributed by atoms with Crippen molar-refractivity contribution in [1.82, 2.24) is 9.47 Å². The molecule has 4 rings (SSSR count). The average Bonchev–Trinajstić information content (AvgIpc) is 3.24. The van der Waals surface area contributed by atoms with Crippen LogP contribution in [-0.2, 0) is 22.5 Å². The lowest BCUT2D eigenvalue weighted by atomic mass is 10.0. The second-order valence-corrected chi connectivity index (χ2v) is 8.26. The Morgan fingerprint density at radius 1 is 0.969 bits per heavy atom. The van der Waals surface area contributed by atoms with Gasteiger partial charge in [0.2, 0.25) is 5.91 Å². The molecule has 1 fully saturated rings. The fraction of sp³-hybridized carbons (Fsp3) is 0.385. The maximum absolute atomic E-state index is 12.4. The minimum atomic E-state index is -0.144. The molecule has 0 bridgehead atoms. The van der Waals surface area contributed by atoms with Gasteiger partial charge in [-0.3, -0.25) is 14.5 Å². The van der Waals surface area contributed by atoms with Crippen molar-refractivity contribution in [2.45, 2.75) is 32.7 Å². The summed E-state index contributed by atoms with van der Waals surface area (Å²) in [6, 6.07) is 15.7. The van der Waals surface area contributed by atoms with Crippen LogP contribution < -0.4 is 5.32 Å². The first-order valence-corrected chi connectivity index (χ1v) is 11.4. The molecule has 2 aromatic carbocycles. The van der Waals surface area contributed by atoms with E-state index in [1.54, 1.807) is 0 Å². The topological polar surface area (TPSA) is 63.6 Å². The average molecular weight is 434 g/mol. The molecule has 0 radical (unpaired) electrons. The van der Waals surface area contributed by atoms with Crippen LogP contribution in [0.1, 0.15) is 35.7 Å². The van der Waals surface area contributed by atoms with Gasteiger partial charge in [0.1, 0.15) is 0 Å². The minimum absolute atomic E-state index is 0.00407. The standard InChI is InChI=1S/C26H31N3O3/c1-2-20-3-5-21(6-4-20)25(30)9-10-26(31)27-23-7-8-24-22(19-23)11-12-29(24)14-13-28-15-17-32-18-16-28/h3-8,11-12,19H,2,9-10,13-18H2,1H3,(H,27,31). The van der Waals surface area contributed by atoms with E-state index in [1.165, 1.54) is 5.56 Å². The third kappa shape index (κ3) is 5.64. The molecule has 0 saturated carbocycles. The molecule has 32 heavy (non-hydrogen) atoms. The number of ketones is 1. The molecule has 1 aromatic heterocycles. The Morgan fingerprint density at radius 2 is 1.75 bits per heavy atom. The van der Waals surface area contributed by atoms with Gasteiger partial charge in [0, 0.05) is 67.4 Å². The van der Waals surface area contributed by atoms with E-state index >= 15 is 0 Å². The Morgan fingerprint density at radius 3 is 2.50 bits per heavy atom. The number of Topliss-reactive ketones (excluding diaryl/α,β-unsaturated/α-hetero) is 1. The summed E-state index contributed by atoms with van der Waals surface area (Å²) >= 11 is 0. The molecule has 168 valence electrons. The molecule has 1 aliphatic rings. The molecule has 3 aromatic rings. The Kier molecular flexibility index (Phi) is 7.35. The summed E-state index contributed by atoms with van der Waals surface area (Å²) in [5.41, 5.74) is 3.77. The van der Waals surface area contributed by atoms with Crippen LogP contribution in [0.2, 0.25) is 0 Å². The molecule has 0 unspecified atom stereocenters. The number of hydrogen-bond acceptors (Lipinski definition) is 4. The number of fused-ring (bicyclic) bond motifs is 1. The third-order valence-corrected chi connectivity index (χ3v) is 6.08. The number of aromatic nitrogens is 1. The number of hydrogen-bond donors (Lipinski definition) is 1. The van der Waals surface area contributed by atoms with Gasteiger partial charge in [0.05, 0.1) is 13.2 Å². The van der Waals surface area contributed by atoms with Crippen LogP contribution in [-0.4, -0.2) is 54.0 Å². The third-order valence-electron chi connectivity index (χ3n) is 6.08. The zero-order valence-electron chi connectivity index (χ0n) is 18.7. The number of carbonyl (C=O) groups excluding carboxylic acids is 2. The highest BCUT2D eigenvalue weighted by Crippen LogP contribution is 2.21. The van der Waals surface area contributed by atoms with Crippen molar-refractivity contribution in [3.05, 3.63) is 65.9 Å². The van der Waals surface area contributed by atoms with E-state index in [0.29, 0.717) is 5.56 Å². The molecule has 1 saturated heterocycles. The highest BCUT2D eigenvalue weighted by molar-refractivity contribution is 6.00. The first-order chi connectivity index (χ1) is 15.6. The van der Waals surface area contributed by atoms with E-state index in [2.05, 4.69) is 34.0 Å². The van der Waals surface area contributed by atoms with Gasteiger partial charge in [0.25, 0.3) is 0 Å². The number of morpholine rings is 1. The Bertz CT molecular complexity index is 1070. The van der Waals surface area contributed by atoms with Gasteiger partial charge in [-0.25, -0.2) is 0 Å². The number of nitrogens with one attached hydrogen (secondary N) is 1. The van der Waals surface area contributed by atoms with E-state index in [9.17, 15) is 9.59 Å². The molecule has 1 aliphatic heterocycles. The normalized spacial score (nSPS) is 14.5. The van der Waals surface area contributed by atoms with Gasteiger partial charge in [-0.05, 0) is 36.2 Å². The zero-order chi connectivity index (χ0) is 22.3. The van der Waals surface area contributed by atoms with Crippen LogP contribution >= 0.6 is 0 Å². The highest BCUT2D eigenvalue weighted by atomic mass is 16.5. The monoisotopic (exact) mass is 433 g/mol. The first-order valence-electron chi connectivity index (χ1n) is 11.4. The van der Waals surface area contributed by atoms with Crippen molar-refractivity contribution in [3.63, 3.8) is 0 Å². The van der Waals surface area contributed by atoms with Crippen molar-refractivity contribution >= 4 is 28.3 Å². The lowest BCUT2D eigenvalue weighted by molar-refractivity contribution is -0.116. The fourth-order valence-corrected chi connectivity index (χ4v) is 4.07. The summed E-state index contributed by atoms with van der Waals surface area (Å²) in [5, 5.41) is 4.02. The predicted molar refractivity (Wildman–Crippen MR) is 127 cm³/mol. The summed E-state index contributed by atoms with van der Waals surface area (Å²) < 4.78 is 7.66. The quantitative estimate of drug-likeness (QED) is 0.515. The van der Waals surface area contributed by atoms with Crippen molar-refractivity contribution in [2.24, 2.45) is 0 Å². The van der Waals surface area contributed by atoms with Crippen LogP contribution in [0.15, 0.2) is 54.7 Å². The van der Waals surface area contributed by atoms with Gasteiger partial charge >= 0.3 is 0 Å². The number of carbonyl (C=O) groups is 2. The second kappa shape index (κ2) is 10.6. The van der Waals surface area contributed by atoms with Crippen molar-refractivity contribution < 1.29 is 14.3 Å². The number of aryl methyl sites for hydroxylation is 1. The van der Waals surface area contributed by atoms with Gasteiger partial charge in [0.15, 0.2) is 5.78 Å². The highest BCUT2D eigenvalue weighted by Gasteiger charge is 2.12. The molecule has 6 heteroatoms. The minimum Gasteiger partial charge on any atom is -0.379 e. The molecule has 1 N–H and O–H groups in total. The Balaban J connectivity index is 1.29. The number of ether oxygens (including phenoxy) is 1. The van der Waals surface area contributed by atoms with Gasteiger partial charge in [-0.15, -0.1) is 0 Å². The zero-order valence-corrected chi connectivity index (χ0v) is 18.7. The molecular weight excluding hydrogens is 402 g/mol. The maximum atomic E-state index is 12.4. The fourth-order valence-electron chi connectivity index (χ4n) is 4.07. The van der Waals surface area contributed by atoms with Crippen LogP contribution in [0.3, 0.4) is 0 Å². The summed E-state index contributed by atoms with van der Waals surface area (Å²) in [4.78, 5) is 27.2. The molecule has 1 amide bonds. The second-order valence-electron chi connectivity index (χ2n) is 8.26. The molecule has 6 nitrogen and oxygen atoms in total. The SMILES string of the molecule is CCc1ccc(C(=O)CCC(=O)Nc2ccc3c(ccn3CCN3CCOCC3)c2)cc1. The number of benzene rings is 2. The Labute approximate surface area is 189 Å². The van der Waals surface area contributed by atoms with E-state index < -0.39 is 0 Å². The van der Waals surface area contributed by atoms with Crippen molar-refractivity contribution in [2.75, 3.05) is 38.2 Å². The van der Waals surface area contributed by atoms with Crippen molar-refractivity contribution in [1.29, 1.82) is 0 Å². The summed E-state index contributed by atoms with van der Waals surface area (Å²) in [5.74, 6) is -0.148. The lowest BCUT2D eigenvalue weighted by Crippen LogP contribution is -2.38. The first kappa shape index (κ1) is 22.2. The summed E-state index contributed by atoms with van der Waals surface area (Å²) in [7, 11) is 0. The van der Waals surface area contributed by atoms with Gasteiger partial charge in [-0.2, -0.15) is 0 Å². The summed E-state index contributed by atoms with van der Waals surface area (Å²) in [6.45, 7) is 7.61. The van der Waals surface area contributed by atoms with E-state index in [1.807, 2.05) is 42.5 Å². The molecule has 0 spiro atoms. The molecule has 2 heterocycles. The Hall–Kier alpha value is -2.96. The van der Waals surface area contributed by atoms with Crippen molar-refractivity contribution in [3.8, 4) is 0 Å². The van der Waals surface area contributed by atoms with Crippen LogP contribution in [0, 0.1) is 0 Å². The number of amides is 1. The number of anilines is 1. The predicted octanol–water partition coefficient (Wildman–Crippen LogP) is 4.14.